The molecule has 104 valence electrons. The third-order valence-electron chi connectivity index (χ3n) is 3.15. The maximum absolute atomic E-state index is 4.45. The van der Waals surface area contributed by atoms with Crippen LogP contribution in [0.2, 0.25) is 0 Å². The molecule has 0 unspecified atom stereocenters. The summed E-state index contributed by atoms with van der Waals surface area (Å²) < 4.78 is 3.83. The lowest BCUT2D eigenvalue weighted by Crippen LogP contribution is -2.19. The second-order valence-corrected chi connectivity index (χ2v) is 5.42. The molecule has 0 aromatic carbocycles. The van der Waals surface area contributed by atoms with Crippen LogP contribution in [0.5, 0.6) is 0 Å². The van der Waals surface area contributed by atoms with E-state index in [0.717, 1.165) is 25.3 Å². The molecular weight excluding hydrogens is 238 g/mol. The average Bonchev–Trinajstić information content (AvgIpc) is 2.89. The number of aryl methyl sites for hydroxylation is 1. The SMILES string of the molecule is Cc1c(CNCC(C)C)cnn1Cc1ccn(C)n1. The van der Waals surface area contributed by atoms with Crippen LogP contribution in [0.1, 0.15) is 30.8 Å². The van der Waals surface area contributed by atoms with E-state index in [1.54, 1.807) is 0 Å². The van der Waals surface area contributed by atoms with Crippen molar-refractivity contribution >= 4 is 0 Å². The number of nitrogens with one attached hydrogen (secondary N) is 1. The Bertz CT molecular complexity index is 524. The molecule has 5 nitrogen and oxygen atoms in total. The van der Waals surface area contributed by atoms with Gasteiger partial charge in [-0.25, -0.2) is 0 Å². The first-order chi connectivity index (χ1) is 9.06. The minimum absolute atomic E-state index is 0.670. The van der Waals surface area contributed by atoms with Gasteiger partial charge >= 0.3 is 0 Å². The number of hydrogen-bond donors (Lipinski definition) is 1. The summed E-state index contributed by atoms with van der Waals surface area (Å²) in [6.07, 6.45) is 3.91. The molecule has 2 heterocycles. The van der Waals surface area contributed by atoms with Crippen LogP contribution < -0.4 is 5.32 Å². The molecule has 2 aromatic rings. The van der Waals surface area contributed by atoms with Crippen LogP contribution in [0.3, 0.4) is 0 Å². The molecule has 0 spiro atoms. The fourth-order valence-electron chi connectivity index (χ4n) is 2.01. The maximum Gasteiger partial charge on any atom is 0.0852 e. The molecule has 0 amide bonds. The minimum Gasteiger partial charge on any atom is -0.312 e. The minimum atomic E-state index is 0.670. The molecule has 0 fully saturated rings. The first-order valence-corrected chi connectivity index (χ1v) is 6.76. The summed E-state index contributed by atoms with van der Waals surface area (Å²) in [5, 5.41) is 12.3. The van der Waals surface area contributed by atoms with E-state index in [4.69, 9.17) is 0 Å². The highest BCUT2D eigenvalue weighted by molar-refractivity contribution is 5.17. The molecule has 0 atom stereocenters. The van der Waals surface area contributed by atoms with Crippen LogP contribution in [0.15, 0.2) is 18.5 Å². The Morgan fingerprint density at radius 1 is 1.37 bits per heavy atom. The van der Waals surface area contributed by atoms with Gasteiger partial charge in [-0.15, -0.1) is 0 Å². The predicted octanol–water partition coefficient (Wildman–Crippen LogP) is 1.72. The van der Waals surface area contributed by atoms with Crippen LogP contribution in [0, 0.1) is 12.8 Å². The van der Waals surface area contributed by atoms with E-state index in [1.165, 1.54) is 11.3 Å². The smallest absolute Gasteiger partial charge is 0.0852 e. The Balaban J connectivity index is 1.97. The van der Waals surface area contributed by atoms with Crippen molar-refractivity contribution in [2.45, 2.75) is 33.9 Å². The first-order valence-electron chi connectivity index (χ1n) is 6.76. The highest BCUT2D eigenvalue weighted by Gasteiger charge is 2.08. The van der Waals surface area contributed by atoms with Gasteiger partial charge in [-0.05, 0) is 25.5 Å². The normalized spacial score (nSPS) is 11.4. The van der Waals surface area contributed by atoms with Gasteiger partial charge < -0.3 is 5.32 Å². The number of rotatable bonds is 6. The van der Waals surface area contributed by atoms with Crippen LogP contribution in [0.4, 0.5) is 0 Å². The fraction of sp³-hybridized carbons (Fsp3) is 0.571. The molecule has 0 aliphatic rings. The van der Waals surface area contributed by atoms with Crippen molar-refractivity contribution in [2.24, 2.45) is 13.0 Å². The van der Waals surface area contributed by atoms with Gasteiger partial charge in [0.25, 0.3) is 0 Å². The van der Waals surface area contributed by atoms with Crippen molar-refractivity contribution in [3.63, 3.8) is 0 Å². The summed E-state index contributed by atoms with van der Waals surface area (Å²) in [5.74, 6) is 0.670. The Morgan fingerprint density at radius 3 is 2.79 bits per heavy atom. The van der Waals surface area contributed by atoms with E-state index in [1.807, 2.05) is 34.9 Å². The third kappa shape index (κ3) is 3.67. The van der Waals surface area contributed by atoms with Crippen molar-refractivity contribution in [3.05, 3.63) is 35.4 Å². The lowest BCUT2D eigenvalue weighted by atomic mass is 10.2. The van der Waals surface area contributed by atoms with E-state index < -0.39 is 0 Å². The standard InChI is InChI=1S/C14H23N5/c1-11(2)7-15-8-13-9-16-19(12(13)3)10-14-5-6-18(4)17-14/h5-6,9,11,15H,7-8,10H2,1-4H3. The number of hydrogen-bond acceptors (Lipinski definition) is 3. The van der Waals surface area contributed by atoms with Crippen LogP contribution >= 0.6 is 0 Å². The Hall–Kier alpha value is -1.62. The van der Waals surface area contributed by atoms with E-state index >= 15 is 0 Å². The van der Waals surface area contributed by atoms with E-state index in [2.05, 4.69) is 36.3 Å². The molecule has 0 saturated carbocycles. The first kappa shape index (κ1) is 13.8. The molecule has 0 aliphatic carbocycles. The monoisotopic (exact) mass is 261 g/mol. The van der Waals surface area contributed by atoms with Crippen molar-refractivity contribution in [1.82, 2.24) is 24.9 Å². The summed E-state index contributed by atoms with van der Waals surface area (Å²) in [5.41, 5.74) is 3.51. The second kappa shape index (κ2) is 6.02. The molecule has 2 aromatic heterocycles. The maximum atomic E-state index is 4.45. The summed E-state index contributed by atoms with van der Waals surface area (Å²) in [4.78, 5) is 0. The van der Waals surface area contributed by atoms with E-state index in [0.29, 0.717) is 5.92 Å². The molecule has 0 saturated heterocycles. The topological polar surface area (TPSA) is 47.7 Å². The Labute approximate surface area is 114 Å². The van der Waals surface area contributed by atoms with Crippen molar-refractivity contribution < 1.29 is 0 Å². The van der Waals surface area contributed by atoms with Crippen molar-refractivity contribution in [1.29, 1.82) is 0 Å². The Kier molecular flexibility index (Phi) is 4.37. The molecule has 2 rings (SSSR count). The molecule has 5 heteroatoms. The lowest BCUT2D eigenvalue weighted by molar-refractivity contribution is 0.550. The third-order valence-corrected chi connectivity index (χ3v) is 3.15. The molecule has 19 heavy (non-hydrogen) atoms. The van der Waals surface area contributed by atoms with Crippen molar-refractivity contribution in [2.75, 3.05) is 6.54 Å². The highest BCUT2D eigenvalue weighted by atomic mass is 15.3. The van der Waals surface area contributed by atoms with Gasteiger partial charge in [0.2, 0.25) is 0 Å². The largest absolute Gasteiger partial charge is 0.312 e. The Morgan fingerprint density at radius 2 is 2.16 bits per heavy atom. The summed E-state index contributed by atoms with van der Waals surface area (Å²) >= 11 is 0. The van der Waals surface area contributed by atoms with Gasteiger partial charge in [-0.3, -0.25) is 9.36 Å². The molecule has 0 aliphatic heterocycles. The number of aromatic nitrogens is 4. The average molecular weight is 261 g/mol. The predicted molar refractivity (Wildman–Crippen MR) is 75.8 cm³/mol. The molecule has 0 radical (unpaired) electrons. The zero-order valence-electron chi connectivity index (χ0n) is 12.2. The number of nitrogens with zero attached hydrogens (tertiary/aromatic N) is 4. The summed E-state index contributed by atoms with van der Waals surface area (Å²) in [6, 6.07) is 2.03. The molecule has 1 N–H and O–H groups in total. The van der Waals surface area contributed by atoms with Gasteiger partial charge in [0.15, 0.2) is 0 Å². The van der Waals surface area contributed by atoms with E-state index in [9.17, 15) is 0 Å². The fourth-order valence-corrected chi connectivity index (χ4v) is 2.01. The molecular formula is C14H23N5. The lowest BCUT2D eigenvalue weighted by Gasteiger charge is -2.07. The second-order valence-electron chi connectivity index (χ2n) is 5.42. The van der Waals surface area contributed by atoms with Gasteiger partial charge in [-0.1, -0.05) is 13.8 Å². The van der Waals surface area contributed by atoms with Crippen LogP contribution in [-0.4, -0.2) is 26.1 Å². The van der Waals surface area contributed by atoms with Gasteiger partial charge in [0.1, 0.15) is 0 Å². The van der Waals surface area contributed by atoms with Gasteiger partial charge in [0, 0.05) is 31.0 Å². The van der Waals surface area contributed by atoms with Gasteiger partial charge in [-0.2, -0.15) is 10.2 Å². The quantitative estimate of drug-likeness (QED) is 0.861. The summed E-state index contributed by atoms with van der Waals surface area (Å²) in [7, 11) is 1.93. The molecule has 0 bridgehead atoms. The highest BCUT2D eigenvalue weighted by Crippen LogP contribution is 2.09. The summed E-state index contributed by atoms with van der Waals surface area (Å²) in [6.45, 7) is 9.19. The van der Waals surface area contributed by atoms with Crippen molar-refractivity contribution in [3.8, 4) is 0 Å². The van der Waals surface area contributed by atoms with E-state index in [-0.39, 0.29) is 0 Å². The zero-order chi connectivity index (χ0) is 13.8. The zero-order valence-corrected chi connectivity index (χ0v) is 12.2. The van der Waals surface area contributed by atoms with Gasteiger partial charge in [0.05, 0.1) is 18.4 Å². The van der Waals surface area contributed by atoms with Crippen LogP contribution in [-0.2, 0) is 20.1 Å². The van der Waals surface area contributed by atoms with Crippen LogP contribution in [0.25, 0.3) is 0 Å².